The average Bonchev–Trinajstić information content (AvgIpc) is 3.27. The van der Waals surface area contributed by atoms with Crippen molar-refractivity contribution in [2.45, 2.75) is 68.8 Å². The largest absolute Gasteiger partial charge is 1.00 e. The minimum Gasteiger partial charge on any atom is -0.458 e. The van der Waals surface area contributed by atoms with Gasteiger partial charge >= 0.3 is 29.6 Å². The number of ketones is 1. The molecule has 0 aromatic heterocycles. The number of carbonyl (C=O) groups is 1. The Kier molecular flexibility index (Phi) is 8.92. The fourth-order valence-corrected chi connectivity index (χ4v) is 8.00. The Hall–Kier alpha value is -0.630. The number of rotatable bonds is 3. The summed E-state index contributed by atoms with van der Waals surface area (Å²) in [7, 11) is -3.62. The third kappa shape index (κ3) is 4.64. The molecule has 2 saturated carbocycles. The minimum atomic E-state index is -3.62. The normalized spacial score (nSPS) is 39.9. The van der Waals surface area contributed by atoms with Crippen LogP contribution in [0.1, 0.15) is 39.7 Å². The zero-order chi connectivity index (χ0) is 28.6. The first-order chi connectivity index (χ1) is 17.4. The predicted octanol–water partition coefficient (Wildman–Crippen LogP) is -0.855. The molecule has 4 aliphatic carbocycles. The molecule has 9 nitrogen and oxygen atoms in total. The van der Waals surface area contributed by atoms with Gasteiger partial charge < -0.3 is 29.8 Å². The van der Waals surface area contributed by atoms with Crippen molar-refractivity contribution in [1.29, 1.82) is 0 Å². The smallest absolute Gasteiger partial charge is 0.458 e. The Labute approximate surface area is 256 Å². The quantitative estimate of drug-likeness (QED) is 0.224. The van der Waals surface area contributed by atoms with E-state index in [-0.39, 0.29) is 47.5 Å². The summed E-state index contributed by atoms with van der Waals surface area (Å²) in [4.78, 5) is 12.8. The van der Waals surface area contributed by atoms with Crippen molar-refractivity contribution in [3.8, 4) is 0 Å². The number of aliphatic hydroxyl groups is 5. The van der Waals surface area contributed by atoms with Crippen LogP contribution in [0.15, 0.2) is 52.5 Å². The molecule has 0 heterocycles. The molecule has 2 fully saturated rings. The maximum atomic E-state index is 12.7. The van der Waals surface area contributed by atoms with Crippen molar-refractivity contribution in [1.82, 2.24) is 0 Å². The van der Waals surface area contributed by atoms with Crippen LogP contribution in [0.4, 0.5) is 0 Å². The summed E-state index contributed by atoms with van der Waals surface area (Å²) in [6, 6.07) is 6.32. The second-order valence-corrected chi connectivity index (χ2v) is 13.7. The molecule has 39 heavy (non-hydrogen) atoms. The van der Waals surface area contributed by atoms with Gasteiger partial charge in [-0.05, 0) is 37.1 Å². The van der Waals surface area contributed by atoms with Crippen molar-refractivity contribution in [3.63, 3.8) is 0 Å². The maximum absolute atomic E-state index is 12.7. The molecule has 1 aromatic carbocycles. The van der Waals surface area contributed by atoms with Gasteiger partial charge in [-0.25, -0.2) is 8.42 Å². The van der Waals surface area contributed by atoms with Crippen LogP contribution >= 0.6 is 11.8 Å². The van der Waals surface area contributed by atoms with Crippen LogP contribution in [0.3, 0.4) is 0 Å². The van der Waals surface area contributed by atoms with E-state index in [0.717, 1.165) is 5.56 Å². The van der Waals surface area contributed by atoms with Crippen LogP contribution in [0.5, 0.6) is 0 Å². The van der Waals surface area contributed by atoms with Gasteiger partial charge in [0.2, 0.25) is 0 Å². The molecule has 0 unspecified atom stereocenters. The zero-order valence-corrected chi connectivity index (χ0v) is 26.5. The van der Waals surface area contributed by atoms with Gasteiger partial charge in [0.1, 0.15) is 21.2 Å². The van der Waals surface area contributed by atoms with Crippen LogP contribution < -0.4 is 29.6 Å². The fraction of sp³-hybridized carbons (Fsp3) is 0.593. The number of benzene rings is 1. The molecule has 210 valence electrons. The van der Waals surface area contributed by atoms with Crippen LogP contribution in [0.25, 0.3) is 4.24 Å². The molecule has 5 N–H and O–H groups in total. The molecule has 5 rings (SSSR count). The van der Waals surface area contributed by atoms with E-state index in [1.54, 1.807) is 38.1 Å². The first-order valence-corrected chi connectivity index (χ1v) is 14.3. The topological polar surface area (TPSA) is 166 Å². The second-order valence-electron chi connectivity index (χ2n) is 11.8. The molecule has 0 spiro atoms. The van der Waals surface area contributed by atoms with E-state index in [9.17, 15) is 38.7 Å². The first-order valence-electron chi connectivity index (χ1n) is 12.5. The SMILES string of the molecule is CC1=C[C@H]2[C@@]3(O)[C@H](C)[C@@H](O)[C@]4(O)[C@H]([C@@H]3C=C(CO)C[C@]2(O)C1=O)C4(C)C.Cc1ccc(S(=O)(=O)[N-]Cl)cc1.[Na+]. The van der Waals surface area contributed by atoms with Gasteiger partial charge in [0, 0.05) is 40.4 Å². The molecule has 0 bridgehead atoms. The Bertz CT molecular complexity index is 1320. The Morgan fingerprint density at radius 2 is 1.64 bits per heavy atom. The van der Waals surface area contributed by atoms with E-state index in [0.29, 0.717) is 11.1 Å². The number of nitrogens with zero attached hydrogens (tertiary/aromatic N) is 1. The van der Waals surface area contributed by atoms with Gasteiger partial charge in [-0.2, -0.15) is 0 Å². The third-order valence-corrected chi connectivity index (χ3v) is 11.0. The molecule has 0 aliphatic heterocycles. The number of Topliss-reactive ketones (excluding diaryl/α,β-unsaturated/α-hetero) is 1. The number of halogens is 1. The van der Waals surface area contributed by atoms with Crippen LogP contribution in [-0.2, 0) is 14.8 Å². The average molecular weight is 592 g/mol. The number of sulfonamides is 1. The molecule has 0 amide bonds. The van der Waals surface area contributed by atoms with Crippen LogP contribution in [-0.4, -0.2) is 69.2 Å². The Morgan fingerprint density at radius 3 is 2.15 bits per heavy atom. The number of hydrogen-bond donors (Lipinski definition) is 5. The standard InChI is InChI=1S/C20H28O6.C7H7ClNO2S.Na/c1-9-5-13-18(24,15(9)22)7-11(8-21)6-12-14-17(3,4)20(14,26)16(23)10(2)19(12,13)25;1-6-2-4-7(5-3-6)12(10,11)9-8;/h5-6,10,12-14,16,21,23-26H,7-8H2,1-4H3;2-5H,1H3;/q;-1;+1/t10-,12+,13-,14-,16-,18-,19-,20-;;/m1../s1. The van der Waals surface area contributed by atoms with E-state index < -0.39 is 67.8 Å². The van der Waals surface area contributed by atoms with Gasteiger partial charge in [0.25, 0.3) is 0 Å². The molecule has 12 heteroatoms. The Balaban J connectivity index is 0.000000274. The van der Waals surface area contributed by atoms with Crippen molar-refractivity contribution in [3.05, 3.63) is 57.4 Å². The van der Waals surface area contributed by atoms with Gasteiger partial charge in [0.05, 0.1) is 18.3 Å². The third-order valence-electron chi connectivity index (χ3n) is 9.45. The molecule has 1 aromatic rings. The Morgan fingerprint density at radius 1 is 1.08 bits per heavy atom. The second kappa shape index (κ2) is 10.6. The van der Waals surface area contributed by atoms with E-state index in [1.807, 2.05) is 20.8 Å². The van der Waals surface area contributed by atoms with Crippen molar-refractivity contribution >= 4 is 27.6 Å². The van der Waals surface area contributed by atoms with Gasteiger partial charge in [-0.3, -0.25) is 16.6 Å². The van der Waals surface area contributed by atoms with Crippen molar-refractivity contribution in [2.75, 3.05) is 6.61 Å². The predicted molar refractivity (Wildman–Crippen MR) is 140 cm³/mol. The molecule has 0 saturated heterocycles. The monoisotopic (exact) mass is 591 g/mol. The summed E-state index contributed by atoms with van der Waals surface area (Å²) in [6.07, 6.45) is 2.08. The molecule has 4 aliphatic rings. The fourth-order valence-electron chi connectivity index (χ4n) is 7.20. The summed E-state index contributed by atoms with van der Waals surface area (Å²) in [5, 5.41) is 54.9. The summed E-state index contributed by atoms with van der Waals surface area (Å²) in [5.74, 6) is -3.14. The van der Waals surface area contributed by atoms with Crippen molar-refractivity contribution < 1.29 is 68.3 Å². The van der Waals surface area contributed by atoms with E-state index in [4.69, 9.17) is 11.8 Å². The zero-order valence-electron chi connectivity index (χ0n) is 23.0. The van der Waals surface area contributed by atoms with Gasteiger partial charge in [-0.15, -0.1) is 0 Å². The van der Waals surface area contributed by atoms with E-state index in [2.05, 4.69) is 4.24 Å². The number of fused-ring (bicyclic) bond motifs is 5. The summed E-state index contributed by atoms with van der Waals surface area (Å²) >= 11 is 4.90. The number of carbonyl (C=O) groups excluding carboxylic acids is 1. The summed E-state index contributed by atoms with van der Waals surface area (Å²) in [5.41, 5.74) is -3.58. The molecule has 8 atom stereocenters. The van der Waals surface area contributed by atoms with E-state index >= 15 is 0 Å². The number of aryl methyl sites for hydroxylation is 1. The van der Waals surface area contributed by atoms with Crippen LogP contribution in [0.2, 0.25) is 0 Å². The van der Waals surface area contributed by atoms with Crippen molar-refractivity contribution in [2.24, 2.45) is 29.1 Å². The minimum absolute atomic E-state index is 0. The molecule has 0 radical (unpaired) electrons. The van der Waals surface area contributed by atoms with Gasteiger partial charge in [0.15, 0.2) is 5.78 Å². The van der Waals surface area contributed by atoms with Gasteiger partial charge in [-0.1, -0.05) is 50.6 Å². The molecular weight excluding hydrogens is 557 g/mol. The maximum Gasteiger partial charge on any atom is 1.00 e. The summed E-state index contributed by atoms with van der Waals surface area (Å²) < 4.78 is 24.8. The summed E-state index contributed by atoms with van der Waals surface area (Å²) in [6.45, 7) is 8.50. The molecular formula is C27H35ClNNaO8S. The van der Waals surface area contributed by atoms with E-state index in [1.165, 1.54) is 12.1 Å². The van der Waals surface area contributed by atoms with Crippen LogP contribution in [0, 0.1) is 36.0 Å². The number of aliphatic hydroxyl groups excluding tert-OH is 2. The number of hydrogen-bond acceptors (Lipinski definition) is 8. The first kappa shape index (κ1) is 32.9.